The molecule has 0 aliphatic heterocycles. The van der Waals surface area contributed by atoms with Gasteiger partial charge in [0.1, 0.15) is 12.2 Å². The van der Waals surface area contributed by atoms with E-state index in [1.54, 1.807) is 0 Å². The number of amides is 1. The van der Waals surface area contributed by atoms with Crippen LogP contribution in [0.25, 0.3) is 0 Å². The van der Waals surface area contributed by atoms with Crippen molar-refractivity contribution in [1.82, 2.24) is 5.32 Å². The zero-order valence-corrected chi connectivity index (χ0v) is 24.5. The molecule has 0 spiro atoms. The Balaban J connectivity index is 3.88. The molecule has 5 N–H and O–H groups in total. The van der Waals surface area contributed by atoms with Gasteiger partial charge >= 0.3 is 0 Å². The molecule has 1 amide bonds. The van der Waals surface area contributed by atoms with Crippen LogP contribution in [0.1, 0.15) is 162 Å². The van der Waals surface area contributed by atoms with Crippen molar-refractivity contribution in [3.63, 3.8) is 0 Å². The van der Waals surface area contributed by atoms with Crippen LogP contribution in [0.15, 0.2) is 0 Å². The van der Waals surface area contributed by atoms with Gasteiger partial charge in [-0.3, -0.25) is 4.79 Å². The van der Waals surface area contributed by atoms with Gasteiger partial charge in [0.25, 0.3) is 0 Å². The molecule has 6 nitrogen and oxygen atoms in total. The highest BCUT2D eigenvalue weighted by molar-refractivity contribution is 5.80. The number of carbonyl (C=O) groups excluding carboxylic acids is 1. The molecule has 0 radical (unpaired) electrons. The lowest BCUT2D eigenvalue weighted by molar-refractivity contribution is -0.132. The molecular formula is C31H63NO5. The predicted molar refractivity (Wildman–Crippen MR) is 155 cm³/mol. The number of hydrogen-bond donors (Lipinski definition) is 5. The Labute approximate surface area is 229 Å². The van der Waals surface area contributed by atoms with E-state index in [1.165, 1.54) is 96.3 Å². The Bertz CT molecular complexity index is 490. The first kappa shape index (κ1) is 36.3. The van der Waals surface area contributed by atoms with Crippen LogP contribution in [0.5, 0.6) is 0 Å². The van der Waals surface area contributed by atoms with Gasteiger partial charge in [0.15, 0.2) is 0 Å². The number of carbonyl (C=O) groups is 1. The number of rotatable bonds is 28. The molecule has 0 rings (SSSR count). The van der Waals surface area contributed by atoms with Crippen LogP contribution in [0.3, 0.4) is 0 Å². The average molecular weight is 530 g/mol. The molecule has 0 bridgehead atoms. The lowest BCUT2D eigenvalue weighted by Gasteiger charge is -2.27. The monoisotopic (exact) mass is 529 g/mol. The number of unbranched alkanes of at least 4 members (excludes halogenated alkanes) is 19. The highest BCUT2D eigenvalue weighted by Crippen LogP contribution is 2.15. The summed E-state index contributed by atoms with van der Waals surface area (Å²) in [7, 11) is 0. The maximum atomic E-state index is 12.3. The van der Waals surface area contributed by atoms with E-state index < -0.39 is 36.9 Å². The van der Waals surface area contributed by atoms with Gasteiger partial charge in [-0.1, -0.05) is 149 Å². The molecule has 4 atom stereocenters. The van der Waals surface area contributed by atoms with Gasteiger partial charge in [0, 0.05) is 0 Å². The van der Waals surface area contributed by atoms with Crippen molar-refractivity contribution in [3.05, 3.63) is 0 Å². The average Bonchev–Trinajstić information content (AvgIpc) is 2.90. The van der Waals surface area contributed by atoms with Gasteiger partial charge in [-0.2, -0.15) is 0 Å². The Morgan fingerprint density at radius 1 is 0.568 bits per heavy atom. The first-order valence-corrected chi connectivity index (χ1v) is 15.9. The van der Waals surface area contributed by atoms with Crippen molar-refractivity contribution >= 4 is 5.91 Å². The molecule has 0 saturated carbocycles. The summed E-state index contributed by atoms with van der Waals surface area (Å²) in [6, 6.07) is -0.974. The Morgan fingerprint density at radius 2 is 0.919 bits per heavy atom. The fourth-order valence-corrected chi connectivity index (χ4v) is 4.93. The van der Waals surface area contributed by atoms with Crippen molar-refractivity contribution < 1.29 is 25.2 Å². The molecule has 0 aliphatic rings. The molecule has 0 aromatic rings. The molecule has 0 fully saturated rings. The molecular weight excluding hydrogens is 466 g/mol. The van der Waals surface area contributed by atoms with Crippen LogP contribution < -0.4 is 5.32 Å². The minimum absolute atomic E-state index is 0.372. The van der Waals surface area contributed by atoms with Crippen LogP contribution in [0, 0.1) is 0 Å². The summed E-state index contributed by atoms with van der Waals surface area (Å²) < 4.78 is 0. The third-order valence-electron chi connectivity index (χ3n) is 7.57. The largest absolute Gasteiger partial charge is 0.394 e. The molecule has 222 valence electrons. The molecule has 6 heteroatoms. The number of nitrogens with one attached hydrogen (secondary N) is 1. The third kappa shape index (κ3) is 21.9. The second-order valence-electron chi connectivity index (χ2n) is 11.2. The minimum atomic E-state index is -1.25. The van der Waals surface area contributed by atoms with Gasteiger partial charge in [0.2, 0.25) is 5.91 Å². The van der Waals surface area contributed by atoms with E-state index >= 15 is 0 Å². The molecule has 0 aliphatic carbocycles. The first-order chi connectivity index (χ1) is 18.0. The van der Waals surface area contributed by atoms with Gasteiger partial charge < -0.3 is 25.7 Å². The minimum Gasteiger partial charge on any atom is -0.394 e. The number of aliphatic hydroxyl groups is 4. The summed E-state index contributed by atoms with van der Waals surface area (Å²) in [5.74, 6) is -0.588. The van der Waals surface area contributed by atoms with Gasteiger partial charge in [-0.15, -0.1) is 0 Å². The summed E-state index contributed by atoms with van der Waals surface area (Å²) in [6.45, 7) is 3.98. The maximum absolute atomic E-state index is 12.3. The predicted octanol–water partition coefficient (Wildman–Crippen LogP) is 6.56. The zero-order chi connectivity index (χ0) is 27.6. The summed E-state index contributed by atoms with van der Waals surface area (Å²) in [6.07, 6.45) is 22.7. The lowest BCUT2D eigenvalue weighted by atomic mass is 9.99. The van der Waals surface area contributed by atoms with Crippen LogP contribution >= 0.6 is 0 Å². The first-order valence-electron chi connectivity index (χ1n) is 15.9. The standard InChI is InChI=1S/C31H63NO5/c1-3-5-7-9-11-13-14-15-17-18-20-22-24-28(34)30(36)27(26-33)32-31(37)29(35)25-23-21-19-16-12-10-8-6-4-2/h27-30,33-36H,3-26H2,1-2H3,(H,32,37)/t27-,28+,29?,30-/m0/s1. The van der Waals surface area contributed by atoms with E-state index in [2.05, 4.69) is 19.2 Å². The van der Waals surface area contributed by atoms with E-state index in [0.29, 0.717) is 12.8 Å². The van der Waals surface area contributed by atoms with Crippen molar-refractivity contribution in [2.75, 3.05) is 6.61 Å². The summed E-state index contributed by atoms with van der Waals surface area (Å²) in [5.41, 5.74) is 0. The zero-order valence-electron chi connectivity index (χ0n) is 24.5. The van der Waals surface area contributed by atoms with Gasteiger partial charge in [0.05, 0.1) is 18.8 Å². The number of aliphatic hydroxyl groups excluding tert-OH is 4. The van der Waals surface area contributed by atoms with Crippen LogP contribution in [0.2, 0.25) is 0 Å². The smallest absolute Gasteiger partial charge is 0.249 e. The molecule has 0 heterocycles. The molecule has 1 unspecified atom stereocenters. The van der Waals surface area contributed by atoms with E-state index in [1.807, 2.05) is 0 Å². The quantitative estimate of drug-likeness (QED) is 0.0737. The molecule has 0 aromatic carbocycles. The molecule has 37 heavy (non-hydrogen) atoms. The summed E-state index contributed by atoms with van der Waals surface area (Å²) >= 11 is 0. The van der Waals surface area contributed by atoms with E-state index in [-0.39, 0.29) is 0 Å². The van der Waals surface area contributed by atoms with Crippen LogP contribution in [-0.2, 0) is 4.79 Å². The highest BCUT2D eigenvalue weighted by Gasteiger charge is 2.28. The maximum Gasteiger partial charge on any atom is 0.249 e. The third-order valence-corrected chi connectivity index (χ3v) is 7.57. The fourth-order valence-electron chi connectivity index (χ4n) is 4.93. The SMILES string of the molecule is CCCCCCCCCCCCCC[C@@H](O)[C@@H](O)[C@H](CO)NC(=O)C(O)CCCCCCCCCCC. The lowest BCUT2D eigenvalue weighted by Crippen LogP contribution is -2.53. The Hall–Kier alpha value is -0.690. The molecule has 0 saturated heterocycles. The Kier molecular flexibility index (Phi) is 26.4. The highest BCUT2D eigenvalue weighted by atomic mass is 16.3. The van der Waals surface area contributed by atoms with Gasteiger partial charge in [-0.25, -0.2) is 0 Å². The Morgan fingerprint density at radius 3 is 1.30 bits per heavy atom. The summed E-state index contributed by atoms with van der Waals surface area (Å²) in [5, 5.41) is 43.1. The summed E-state index contributed by atoms with van der Waals surface area (Å²) in [4.78, 5) is 12.3. The van der Waals surface area contributed by atoms with Crippen molar-refractivity contribution in [2.24, 2.45) is 0 Å². The number of hydrogen-bond acceptors (Lipinski definition) is 5. The van der Waals surface area contributed by atoms with Crippen LogP contribution in [0.4, 0.5) is 0 Å². The van der Waals surface area contributed by atoms with E-state index in [9.17, 15) is 25.2 Å². The van der Waals surface area contributed by atoms with Crippen molar-refractivity contribution in [3.8, 4) is 0 Å². The van der Waals surface area contributed by atoms with Gasteiger partial charge in [-0.05, 0) is 12.8 Å². The second-order valence-corrected chi connectivity index (χ2v) is 11.2. The molecule has 0 aromatic heterocycles. The van der Waals surface area contributed by atoms with E-state index in [4.69, 9.17) is 0 Å². The topological polar surface area (TPSA) is 110 Å². The second kappa shape index (κ2) is 26.9. The van der Waals surface area contributed by atoms with Crippen molar-refractivity contribution in [1.29, 1.82) is 0 Å². The van der Waals surface area contributed by atoms with Crippen LogP contribution in [-0.4, -0.2) is 57.3 Å². The van der Waals surface area contributed by atoms with Crippen molar-refractivity contribution in [2.45, 2.75) is 186 Å². The van der Waals surface area contributed by atoms with E-state index in [0.717, 1.165) is 38.5 Å². The fraction of sp³-hybridized carbons (Fsp3) is 0.968. The normalized spacial score (nSPS) is 14.9.